The summed E-state index contributed by atoms with van der Waals surface area (Å²) in [5, 5.41) is 8.00. The number of sulfonamides is 1. The molecule has 0 aliphatic carbocycles. The first kappa shape index (κ1) is 15.9. The molecule has 0 bridgehead atoms. The van der Waals surface area contributed by atoms with Crippen molar-refractivity contribution in [2.45, 2.75) is 25.2 Å². The quantitative estimate of drug-likeness (QED) is 0.855. The minimum Gasteiger partial charge on any atom is -0.381 e. The minimum atomic E-state index is -3.84. The van der Waals surface area contributed by atoms with E-state index in [1.807, 2.05) is 0 Å². The Morgan fingerprint density at radius 1 is 1.38 bits per heavy atom. The third kappa shape index (κ3) is 3.81. The van der Waals surface area contributed by atoms with Gasteiger partial charge in [0.2, 0.25) is 10.0 Å². The first-order valence-corrected chi connectivity index (χ1v) is 8.33. The van der Waals surface area contributed by atoms with Crippen molar-refractivity contribution in [1.29, 1.82) is 0 Å². The first-order chi connectivity index (χ1) is 9.79. The average Bonchev–Trinajstić information content (AvgIpc) is 2.87. The number of hydrogen-bond acceptors (Lipinski definition) is 4. The fourth-order valence-corrected chi connectivity index (χ4v) is 3.25. The summed E-state index contributed by atoms with van der Waals surface area (Å²) in [7, 11) is -3.84. The highest BCUT2D eigenvalue weighted by molar-refractivity contribution is 7.89. The molecule has 3 N–H and O–H groups in total. The summed E-state index contributed by atoms with van der Waals surface area (Å²) in [5.74, 6) is 0.0294. The number of nitrogens with two attached hydrogens (primary N) is 1. The van der Waals surface area contributed by atoms with E-state index in [0.29, 0.717) is 30.2 Å². The van der Waals surface area contributed by atoms with Gasteiger partial charge in [-0.1, -0.05) is 6.07 Å². The van der Waals surface area contributed by atoms with Gasteiger partial charge in [-0.2, -0.15) is 0 Å². The first-order valence-electron chi connectivity index (χ1n) is 6.79. The Balaban J connectivity index is 2.20. The number of carbonyl (C=O) groups is 1. The molecule has 1 fully saturated rings. The van der Waals surface area contributed by atoms with Crippen LogP contribution in [-0.2, 0) is 14.8 Å². The molecule has 7 heteroatoms. The highest BCUT2D eigenvalue weighted by Crippen LogP contribution is 2.20. The van der Waals surface area contributed by atoms with Crippen LogP contribution in [0.25, 0.3) is 0 Å². The molecule has 1 atom stereocenters. The summed E-state index contributed by atoms with van der Waals surface area (Å²) in [6.07, 6.45) is 0.926. The van der Waals surface area contributed by atoms with Crippen LogP contribution in [0.4, 0.5) is 0 Å². The molecule has 0 aromatic heterocycles. The second-order valence-corrected chi connectivity index (χ2v) is 6.95. The predicted molar refractivity (Wildman–Crippen MR) is 78.5 cm³/mol. The highest BCUT2D eigenvalue weighted by atomic mass is 32.2. The molecule has 1 unspecified atom stereocenters. The molecule has 1 aromatic carbocycles. The lowest BCUT2D eigenvalue weighted by molar-refractivity contribution is 0.0944. The number of rotatable bonds is 4. The van der Waals surface area contributed by atoms with Crippen molar-refractivity contribution in [1.82, 2.24) is 5.32 Å². The molecule has 1 amide bonds. The molecule has 1 aliphatic rings. The van der Waals surface area contributed by atoms with E-state index < -0.39 is 10.0 Å². The van der Waals surface area contributed by atoms with Gasteiger partial charge in [-0.25, -0.2) is 13.6 Å². The van der Waals surface area contributed by atoms with Crippen LogP contribution in [0.1, 0.15) is 27.9 Å². The molecular weight excluding hydrogens is 292 g/mol. The molecule has 1 saturated heterocycles. The Morgan fingerprint density at radius 2 is 2.10 bits per heavy atom. The van der Waals surface area contributed by atoms with Crippen LogP contribution in [0.3, 0.4) is 0 Å². The van der Waals surface area contributed by atoms with E-state index in [1.54, 1.807) is 19.9 Å². The van der Waals surface area contributed by atoms with Crippen molar-refractivity contribution in [2.75, 3.05) is 19.8 Å². The summed E-state index contributed by atoms with van der Waals surface area (Å²) >= 11 is 0. The van der Waals surface area contributed by atoms with Crippen molar-refractivity contribution in [3.05, 3.63) is 28.8 Å². The molecule has 1 aromatic rings. The number of benzene rings is 1. The minimum absolute atomic E-state index is 0.0116. The van der Waals surface area contributed by atoms with E-state index in [9.17, 15) is 13.2 Å². The summed E-state index contributed by atoms with van der Waals surface area (Å²) < 4.78 is 28.3. The number of primary sulfonamides is 1. The van der Waals surface area contributed by atoms with Gasteiger partial charge < -0.3 is 10.1 Å². The maximum atomic E-state index is 12.2. The standard InChI is InChI=1S/C14H20N2O4S/c1-9-5-10(2)13(21(15,18)19)6-12(9)14(17)16-7-11-3-4-20-8-11/h5-6,11H,3-4,7-8H2,1-2H3,(H,16,17)(H2,15,18,19). The van der Waals surface area contributed by atoms with Crippen molar-refractivity contribution < 1.29 is 17.9 Å². The maximum absolute atomic E-state index is 12.2. The Morgan fingerprint density at radius 3 is 2.67 bits per heavy atom. The topological polar surface area (TPSA) is 98.5 Å². The molecule has 0 spiro atoms. The van der Waals surface area contributed by atoms with E-state index in [-0.39, 0.29) is 10.8 Å². The van der Waals surface area contributed by atoms with Crippen LogP contribution >= 0.6 is 0 Å². The van der Waals surface area contributed by atoms with Gasteiger partial charge in [0.05, 0.1) is 11.5 Å². The van der Waals surface area contributed by atoms with Crippen LogP contribution < -0.4 is 10.5 Å². The van der Waals surface area contributed by atoms with Crippen LogP contribution in [0, 0.1) is 19.8 Å². The van der Waals surface area contributed by atoms with Gasteiger partial charge in [0, 0.05) is 24.6 Å². The number of hydrogen-bond donors (Lipinski definition) is 2. The highest BCUT2D eigenvalue weighted by Gasteiger charge is 2.20. The number of amides is 1. The van der Waals surface area contributed by atoms with Gasteiger partial charge in [0.25, 0.3) is 5.91 Å². The van der Waals surface area contributed by atoms with E-state index in [1.165, 1.54) is 6.07 Å². The lowest BCUT2D eigenvalue weighted by Gasteiger charge is -2.13. The van der Waals surface area contributed by atoms with Gasteiger partial charge in [-0.15, -0.1) is 0 Å². The van der Waals surface area contributed by atoms with Crippen molar-refractivity contribution in [3.8, 4) is 0 Å². The van der Waals surface area contributed by atoms with Gasteiger partial charge in [-0.05, 0) is 37.5 Å². The molecule has 1 aliphatic heterocycles. The van der Waals surface area contributed by atoms with E-state index in [0.717, 1.165) is 18.6 Å². The zero-order valence-corrected chi connectivity index (χ0v) is 13.0. The van der Waals surface area contributed by atoms with E-state index in [2.05, 4.69) is 5.32 Å². The number of carbonyl (C=O) groups excluding carboxylic acids is 1. The Kier molecular flexibility index (Phi) is 4.65. The van der Waals surface area contributed by atoms with E-state index in [4.69, 9.17) is 9.88 Å². The Labute approximate surface area is 124 Å². The van der Waals surface area contributed by atoms with Gasteiger partial charge in [0.15, 0.2) is 0 Å². The lowest BCUT2D eigenvalue weighted by Crippen LogP contribution is -2.30. The zero-order chi connectivity index (χ0) is 15.6. The molecule has 0 radical (unpaired) electrons. The average molecular weight is 312 g/mol. The van der Waals surface area contributed by atoms with Crippen LogP contribution in [0.5, 0.6) is 0 Å². The second kappa shape index (κ2) is 6.13. The van der Waals surface area contributed by atoms with Gasteiger partial charge in [0.1, 0.15) is 0 Å². The van der Waals surface area contributed by atoms with Crippen LogP contribution in [0.2, 0.25) is 0 Å². The summed E-state index contributed by atoms with van der Waals surface area (Å²) in [6.45, 7) is 5.32. The summed E-state index contributed by atoms with van der Waals surface area (Å²) in [6, 6.07) is 3.01. The summed E-state index contributed by atoms with van der Waals surface area (Å²) in [5.41, 5.74) is 1.60. The largest absolute Gasteiger partial charge is 0.381 e. The Bertz CT molecular complexity index is 649. The Hall–Kier alpha value is -1.44. The smallest absolute Gasteiger partial charge is 0.251 e. The molecule has 1 heterocycles. The molecular formula is C14H20N2O4S. The number of ether oxygens (including phenoxy) is 1. The number of nitrogens with one attached hydrogen (secondary N) is 1. The zero-order valence-electron chi connectivity index (χ0n) is 12.2. The van der Waals surface area contributed by atoms with Gasteiger partial charge in [-0.3, -0.25) is 4.79 Å². The monoisotopic (exact) mass is 312 g/mol. The van der Waals surface area contributed by atoms with Crippen molar-refractivity contribution >= 4 is 15.9 Å². The van der Waals surface area contributed by atoms with E-state index >= 15 is 0 Å². The third-order valence-electron chi connectivity index (χ3n) is 3.65. The molecule has 21 heavy (non-hydrogen) atoms. The normalized spacial score (nSPS) is 18.7. The fraction of sp³-hybridized carbons (Fsp3) is 0.500. The third-order valence-corrected chi connectivity index (χ3v) is 4.70. The second-order valence-electron chi connectivity index (χ2n) is 5.42. The predicted octanol–water partition coefficient (Wildman–Crippen LogP) is 0.717. The molecule has 116 valence electrons. The van der Waals surface area contributed by atoms with Crippen LogP contribution in [-0.4, -0.2) is 34.1 Å². The van der Waals surface area contributed by atoms with Crippen LogP contribution in [0.15, 0.2) is 17.0 Å². The van der Waals surface area contributed by atoms with Crippen molar-refractivity contribution in [3.63, 3.8) is 0 Å². The number of aryl methyl sites for hydroxylation is 2. The fourth-order valence-electron chi connectivity index (χ4n) is 2.46. The van der Waals surface area contributed by atoms with Crippen molar-refractivity contribution in [2.24, 2.45) is 11.1 Å². The SMILES string of the molecule is Cc1cc(C)c(S(N)(=O)=O)cc1C(=O)NCC1CCOC1. The molecule has 6 nitrogen and oxygen atoms in total. The molecule has 0 saturated carbocycles. The maximum Gasteiger partial charge on any atom is 0.251 e. The molecule has 2 rings (SSSR count). The lowest BCUT2D eigenvalue weighted by atomic mass is 10.0. The van der Waals surface area contributed by atoms with Gasteiger partial charge >= 0.3 is 0 Å². The summed E-state index contributed by atoms with van der Waals surface area (Å²) in [4.78, 5) is 12.2.